The molecule has 1 heterocycles. The monoisotopic (exact) mass is 418 g/mol. The summed E-state index contributed by atoms with van der Waals surface area (Å²) in [5.74, 6) is -0.332. The summed E-state index contributed by atoms with van der Waals surface area (Å²) in [6, 6.07) is 4.21. The lowest BCUT2D eigenvalue weighted by Crippen LogP contribution is -2.39. The number of carbonyl (C=O) groups is 1. The summed E-state index contributed by atoms with van der Waals surface area (Å²) in [6.07, 6.45) is 1.97. The molecule has 0 spiro atoms. The summed E-state index contributed by atoms with van der Waals surface area (Å²) in [5, 5.41) is 26.8. The van der Waals surface area contributed by atoms with Gasteiger partial charge in [0.25, 0.3) is 5.88 Å². The topological polar surface area (TPSA) is 130 Å². The summed E-state index contributed by atoms with van der Waals surface area (Å²) in [5.41, 5.74) is 2.51. The molecule has 9 nitrogen and oxygen atoms in total. The van der Waals surface area contributed by atoms with Gasteiger partial charge in [-0.2, -0.15) is 0 Å². The molecule has 2 aliphatic carbocycles. The number of rotatable bonds is 7. The Morgan fingerprint density at radius 1 is 1.40 bits per heavy atom. The Hall–Kier alpha value is -2.85. The van der Waals surface area contributed by atoms with E-state index in [1.54, 1.807) is 6.07 Å². The number of carbonyl (C=O) groups excluding carboxylic acids is 1. The van der Waals surface area contributed by atoms with E-state index in [0.717, 1.165) is 11.1 Å². The van der Waals surface area contributed by atoms with Gasteiger partial charge in [-0.15, -0.1) is 0 Å². The van der Waals surface area contributed by atoms with Crippen LogP contribution in [0.1, 0.15) is 56.0 Å². The van der Waals surface area contributed by atoms with E-state index in [1.807, 2.05) is 5.48 Å². The van der Waals surface area contributed by atoms with Gasteiger partial charge in [0.1, 0.15) is 17.5 Å². The molecule has 0 unspecified atom stereocenters. The first-order chi connectivity index (χ1) is 14.2. The number of fused-ring (bicyclic) bond motifs is 1. The van der Waals surface area contributed by atoms with Crippen LogP contribution in [0, 0.1) is 11.7 Å². The van der Waals surface area contributed by atoms with Gasteiger partial charge in [-0.25, -0.2) is 9.02 Å². The van der Waals surface area contributed by atoms with Crippen molar-refractivity contribution in [2.24, 2.45) is 10.9 Å². The van der Waals surface area contributed by atoms with Crippen molar-refractivity contribution in [3.63, 3.8) is 0 Å². The predicted octanol–water partition coefficient (Wildman–Crippen LogP) is 2.12. The van der Waals surface area contributed by atoms with Crippen molar-refractivity contribution in [1.29, 1.82) is 0 Å². The van der Waals surface area contributed by atoms with Gasteiger partial charge in [0.2, 0.25) is 5.69 Å². The van der Waals surface area contributed by atoms with Crippen LogP contribution < -0.4 is 10.2 Å². The number of ketones is 1. The van der Waals surface area contributed by atoms with E-state index in [4.69, 9.17) is 9.37 Å². The Morgan fingerprint density at radius 2 is 2.17 bits per heavy atom. The van der Waals surface area contributed by atoms with Crippen LogP contribution in [0.5, 0.6) is 5.88 Å². The van der Waals surface area contributed by atoms with Gasteiger partial charge in [-0.1, -0.05) is 6.07 Å². The number of halogens is 1. The Kier molecular flexibility index (Phi) is 5.29. The molecule has 2 aliphatic rings. The highest BCUT2D eigenvalue weighted by molar-refractivity contribution is 5.98. The van der Waals surface area contributed by atoms with Gasteiger partial charge in [0, 0.05) is 6.42 Å². The number of ether oxygens (including phenoxy) is 1. The number of amidine groups is 1. The third kappa shape index (κ3) is 4.05. The molecule has 0 amide bonds. The number of aromatic nitrogens is 2. The van der Waals surface area contributed by atoms with Crippen molar-refractivity contribution in [3.05, 3.63) is 40.8 Å². The number of aliphatic hydroxyl groups is 1. The number of hydroxylamine groups is 1. The molecule has 10 heteroatoms. The van der Waals surface area contributed by atoms with Gasteiger partial charge in [-0.3, -0.25) is 20.5 Å². The Labute approximate surface area is 171 Å². The first-order valence-electron chi connectivity index (χ1n) is 9.76. The van der Waals surface area contributed by atoms with Crippen LogP contribution in [0.2, 0.25) is 0 Å². The Bertz CT molecular complexity index is 978. The average Bonchev–Trinajstić information content (AvgIpc) is 3.10. The molecule has 2 aromatic rings. The maximum Gasteiger partial charge on any atom is 0.287 e. The van der Waals surface area contributed by atoms with Crippen LogP contribution in [0.25, 0.3) is 0 Å². The number of nitrogens with zero attached hydrogens (tertiary/aromatic N) is 3. The van der Waals surface area contributed by atoms with Gasteiger partial charge in [-0.05, 0) is 72.6 Å². The van der Waals surface area contributed by atoms with Gasteiger partial charge in [0.15, 0.2) is 11.6 Å². The molecule has 160 valence electrons. The van der Waals surface area contributed by atoms with Crippen molar-refractivity contribution in [3.8, 4) is 5.88 Å². The standard InChI is InChI=1S/C20H23FN4O5/c1-20(2,27)16(26)7-10-5-13(6-10)29-19-17(24-30-25-19)18(23-28)22-15-8-11-3-4-12(21)9-14(11)15/h3-4,9-10,13,15,27-28H,5-8H2,1-2H3,(H,22,23)/t10?,13?,15-/m0/s1. The second kappa shape index (κ2) is 7.77. The summed E-state index contributed by atoms with van der Waals surface area (Å²) >= 11 is 0. The van der Waals surface area contributed by atoms with Crippen molar-refractivity contribution < 1.29 is 28.9 Å². The fraction of sp³-hybridized carbons (Fsp3) is 0.500. The summed E-state index contributed by atoms with van der Waals surface area (Å²) < 4.78 is 24.0. The van der Waals surface area contributed by atoms with E-state index in [2.05, 4.69) is 15.3 Å². The second-order valence-corrected chi connectivity index (χ2v) is 8.33. The van der Waals surface area contributed by atoms with Gasteiger partial charge < -0.3 is 9.84 Å². The van der Waals surface area contributed by atoms with Crippen LogP contribution in [-0.2, 0) is 11.2 Å². The number of hydrogen-bond acceptors (Lipinski definition) is 8. The third-order valence-corrected chi connectivity index (χ3v) is 5.58. The highest BCUT2D eigenvalue weighted by atomic mass is 19.1. The lowest BCUT2D eigenvalue weighted by molar-refractivity contribution is -0.136. The van der Waals surface area contributed by atoms with E-state index >= 15 is 0 Å². The first-order valence-corrected chi connectivity index (χ1v) is 9.76. The summed E-state index contributed by atoms with van der Waals surface area (Å²) in [7, 11) is 0. The normalized spacial score (nSPS) is 23.2. The molecule has 1 saturated carbocycles. The molecule has 1 aromatic heterocycles. The Balaban J connectivity index is 1.39. The fourth-order valence-corrected chi connectivity index (χ4v) is 3.67. The maximum absolute atomic E-state index is 13.5. The van der Waals surface area contributed by atoms with E-state index in [-0.39, 0.29) is 53.5 Å². The SMILES string of the molecule is CC(C)(O)C(=O)CC1CC(Oc2nonc2C(=N[C@H]2Cc3ccc(F)cc32)NO)C1. The van der Waals surface area contributed by atoms with Crippen LogP contribution in [0.4, 0.5) is 4.39 Å². The smallest absolute Gasteiger partial charge is 0.287 e. The maximum atomic E-state index is 13.5. The zero-order valence-corrected chi connectivity index (χ0v) is 16.6. The van der Waals surface area contributed by atoms with Crippen LogP contribution in [0.15, 0.2) is 27.8 Å². The van der Waals surface area contributed by atoms with Crippen molar-refractivity contribution >= 4 is 11.6 Å². The van der Waals surface area contributed by atoms with Crippen molar-refractivity contribution in [2.75, 3.05) is 0 Å². The summed E-state index contributed by atoms with van der Waals surface area (Å²) in [6.45, 7) is 2.96. The summed E-state index contributed by atoms with van der Waals surface area (Å²) in [4.78, 5) is 16.3. The first kappa shape index (κ1) is 20.4. The number of nitrogens with one attached hydrogen (secondary N) is 1. The quantitative estimate of drug-likeness (QED) is 0.354. The molecule has 0 radical (unpaired) electrons. The molecule has 1 fully saturated rings. The largest absolute Gasteiger partial charge is 0.470 e. The van der Waals surface area contributed by atoms with E-state index < -0.39 is 5.60 Å². The molecule has 1 aromatic carbocycles. The van der Waals surface area contributed by atoms with Crippen molar-refractivity contribution in [2.45, 2.75) is 57.3 Å². The second-order valence-electron chi connectivity index (χ2n) is 8.33. The highest BCUT2D eigenvalue weighted by Crippen LogP contribution is 2.38. The Morgan fingerprint density at radius 3 is 2.87 bits per heavy atom. The number of Topliss-reactive ketones (excluding diaryl/α,β-unsaturated/α-hetero) is 1. The van der Waals surface area contributed by atoms with Gasteiger partial charge in [0.05, 0.1) is 6.04 Å². The molecule has 4 rings (SSSR count). The molecule has 0 bridgehead atoms. The van der Waals surface area contributed by atoms with E-state index in [9.17, 15) is 19.5 Å². The predicted molar refractivity (Wildman–Crippen MR) is 102 cm³/mol. The zero-order valence-electron chi connectivity index (χ0n) is 16.6. The average molecular weight is 418 g/mol. The molecular formula is C20H23FN4O5. The van der Waals surface area contributed by atoms with Crippen molar-refractivity contribution in [1.82, 2.24) is 15.8 Å². The van der Waals surface area contributed by atoms with Crippen LogP contribution in [-0.4, -0.2) is 44.0 Å². The van der Waals surface area contributed by atoms with Gasteiger partial charge >= 0.3 is 0 Å². The molecule has 30 heavy (non-hydrogen) atoms. The minimum atomic E-state index is -1.34. The molecule has 3 N–H and O–H groups in total. The minimum Gasteiger partial charge on any atom is -0.470 e. The highest BCUT2D eigenvalue weighted by Gasteiger charge is 2.37. The van der Waals surface area contributed by atoms with E-state index in [1.165, 1.54) is 26.0 Å². The molecular weight excluding hydrogens is 395 g/mol. The third-order valence-electron chi connectivity index (χ3n) is 5.58. The molecule has 0 saturated heterocycles. The zero-order chi connectivity index (χ0) is 21.5. The number of aliphatic imine (C=N–C) groups is 1. The number of hydrogen-bond donors (Lipinski definition) is 3. The lowest BCUT2D eigenvalue weighted by Gasteiger charge is -2.35. The molecule has 1 atom stereocenters. The lowest BCUT2D eigenvalue weighted by atomic mass is 9.77. The van der Waals surface area contributed by atoms with E-state index in [0.29, 0.717) is 19.3 Å². The fourth-order valence-electron chi connectivity index (χ4n) is 3.67. The van der Waals surface area contributed by atoms with Crippen LogP contribution in [0.3, 0.4) is 0 Å². The number of benzene rings is 1. The van der Waals surface area contributed by atoms with Crippen LogP contribution >= 0.6 is 0 Å². The minimum absolute atomic E-state index is 0.0132. The molecule has 0 aliphatic heterocycles.